The lowest BCUT2D eigenvalue weighted by Gasteiger charge is -2.11. The van der Waals surface area contributed by atoms with Crippen LogP contribution in [0.2, 0.25) is 0 Å². The Hall–Kier alpha value is -3.30. The summed E-state index contributed by atoms with van der Waals surface area (Å²) >= 11 is 0. The number of ether oxygens (including phenoxy) is 1. The molecule has 0 saturated carbocycles. The Labute approximate surface area is 175 Å². The maximum Gasteiger partial charge on any atom is 0.341 e. The molecule has 0 saturated heterocycles. The normalized spacial score (nSPS) is 11.1. The number of hydrogen-bond donors (Lipinski definition) is 2. The van der Waals surface area contributed by atoms with Gasteiger partial charge in [0, 0.05) is 18.3 Å². The van der Waals surface area contributed by atoms with E-state index < -0.39 is 16.0 Å². The fourth-order valence-electron chi connectivity index (χ4n) is 2.81. The van der Waals surface area contributed by atoms with Crippen LogP contribution in [0.25, 0.3) is 11.3 Å². The van der Waals surface area contributed by atoms with Crippen LogP contribution >= 0.6 is 0 Å². The van der Waals surface area contributed by atoms with E-state index in [1.54, 1.807) is 19.1 Å². The molecule has 30 heavy (non-hydrogen) atoms. The number of primary sulfonamides is 1. The van der Waals surface area contributed by atoms with Crippen molar-refractivity contribution in [1.82, 2.24) is 9.97 Å². The molecule has 1 aromatic heterocycles. The van der Waals surface area contributed by atoms with Crippen molar-refractivity contribution in [3.63, 3.8) is 0 Å². The van der Waals surface area contributed by atoms with E-state index in [-0.39, 0.29) is 11.5 Å². The van der Waals surface area contributed by atoms with Crippen molar-refractivity contribution in [2.75, 3.05) is 18.5 Å². The highest BCUT2D eigenvalue weighted by atomic mass is 32.2. The zero-order valence-electron chi connectivity index (χ0n) is 16.4. The van der Waals surface area contributed by atoms with Crippen LogP contribution in [-0.2, 0) is 21.2 Å². The second-order valence-electron chi connectivity index (χ2n) is 6.41. The highest BCUT2D eigenvalue weighted by Gasteiger charge is 2.17. The topological polar surface area (TPSA) is 124 Å². The van der Waals surface area contributed by atoms with Gasteiger partial charge in [0.25, 0.3) is 0 Å². The summed E-state index contributed by atoms with van der Waals surface area (Å²) < 4.78 is 27.8. The number of nitrogens with two attached hydrogens (primary N) is 1. The first-order valence-electron chi connectivity index (χ1n) is 9.33. The van der Waals surface area contributed by atoms with Crippen molar-refractivity contribution in [2.45, 2.75) is 18.2 Å². The average Bonchev–Trinajstić information content (AvgIpc) is 2.74. The minimum atomic E-state index is -3.70. The number of carbonyl (C=O) groups excluding carboxylic acids is 1. The molecule has 156 valence electrons. The van der Waals surface area contributed by atoms with Gasteiger partial charge in [0.1, 0.15) is 5.56 Å². The van der Waals surface area contributed by atoms with Crippen LogP contribution in [0.4, 0.5) is 5.95 Å². The Bertz CT molecular complexity index is 1120. The Balaban J connectivity index is 1.74. The molecule has 9 heteroatoms. The fourth-order valence-corrected chi connectivity index (χ4v) is 3.32. The highest BCUT2D eigenvalue weighted by Crippen LogP contribution is 2.23. The third-order valence-electron chi connectivity index (χ3n) is 4.28. The molecule has 0 amide bonds. The van der Waals surface area contributed by atoms with Crippen LogP contribution < -0.4 is 10.5 Å². The van der Waals surface area contributed by atoms with E-state index in [0.717, 1.165) is 11.1 Å². The number of anilines is 1. The first-order valence-corrected chi connectivity index (χ1v) is 10.9. The maximum atomic E-state index is 12.3. The number of carbonyl (C=O) groups is 1. The molecule has 0 bridgehead atoms. The van der Waals surface area contributed by atoms with Gasteiger partial charge in [0.2, 0.25) is 16.0 Å². The lowest BCUT2D eigenvalue weighted by Crippen LogP contribution is -2.13. The van der Waals surface area contributed by atoms with Crippen molar-refractivity contribution in [3.05, 3.63) is 71.9 Å². The van der Waals surface area contributed by atoms with Crippen LogP contribution in [0.15, 0.2) is 65.7 Å². The third kappa shape index (κ3) is 5.40. The summed E-state index contributed by atoms with van der Waals surface area (Å²) in [6.45, 7) is 2.52. The molecule has 0 fully saturated rings. The molecule has 0 atom stereocenters. The Morgan fingerprint density at radius 3 is 2.43 bits per heavy atom. The van der Waals surface area contributed by atoms with E-state index in [1.807, 2.05) is 30.3 Å². The highest BCUT2D eigenvalue weighted by molar-refractivity contribution is 7.89. The SMILES string of the molecule is CCOC(=O)c1cnc(NCCc2ccc(S(N)(=O)=O)cc2)nc1-c1ccccc1. The van der Waals surface area contributed by atoms with Crippen LogP contribution in [0.5, 0.6) is 0 Å². The Morgan fingerprint density at radius 2 is 1.80 bits per heavy atom. The molecule has 3 rings (SSSR count). The van der Waals surface area contributed by atoms with E-state index >= 15 is 0 Å². The molecule has 3 aromatic rings. The van der Waals surface area contributed by atoms with Crippen molar-refractivity contribution in [1.29, 1.82) is 0 Å². The number of rotatable bonds is 8. The van der Waals surface area contributed by atoms with Gasteiger partial charge in [-0.2, -0.15) is 0 Å². The minimum Gasteiger partial charge on any atom is -0.462 e. The lowest BCUT2D eigenvalue weighted by molar-refractivity contribution is 0.0526. The van der Waals surface area contributed by atoms with Gasteiger partial charge < -0.3 is 10.1 Å². The van der Waals surface area contributed by atoms with Crippen LogP contribution in [0.3, 0.4) is 0 Å². The van der Waals surface area contributed by atoms with Gasteiger partial charge in [-0.1, -0.05) is 42.5 Å². The summed E-state index contributed by atoms with van der Waals surface area (Å²) in [5, 5.41) is 8.24. The average molecular weight is 426 g/mol. The third-order valence-corrected chi connectivity index (χ3v) is 5.21. The minimum absolute atomic E-state index is 0.0737. The van der Waals surface area contributed by atoms with Gasteiger partial charge in [-0.05, 0) is 31.0 Å². The van der Waals surface area contributed by atoms with Gasteiger partial charge >= 0.3 is 5.97 Å². The molecule has 1 heterocycles. The first kappa shape index (κ1) is 21.4. The number of aromatic nitrogens is 2. The Kier molecular flexibility index (Phi) is 6.76. The second-order valence-corrected chi connectivity index (χ2v) is 7.97. The van der Waals surface area contributed by atoms with Gasteiger partial charge in [-0.25, -0.2) is 28.3 Å². The fraction of sp³-hybridized carbons (Fsp3) is 0.190. The molecule has 3 N–H and O–H groups in total. The van der Waals surface area contributed by atoms with Gasteiger partial charge in [0.15, 0.2) is 0 Å². The van der Waals surface area contributed by atoms with E-state index in [0.29, 0.717) is 30.2 Å². The van der Waals surface area contributed by atoms with Crippen molar-refractivity contribution < 1.29 is 17.9 Å². The molecule has 0 aliphatic heterocycles. The summed E-state index contributed by atoms with van der Waals surface area (Å²) in [6, 6.07) is 15.7. The van der Waals surface area contributed by atoms with Crippen molar-refractivity contribution >= 4 is 21.9 Å². The van der Waals surface area contributed by atoms with E-state index in [2.05, 4.69) is 15.3 Å². The molecule has 2 aromatic carbocycles. The number of sulfonamides is 1. The summed E-state index contributed by atoms with van der Waals surface area (Å²) in [6.07, 6.45) is 2.07. The molecule has 8 nitrogen and oxygen atoms in total. The summed E-state index contributed by atoms with van der Waals surface area (Å²) in [5.74, 6) is -0.0964. The van der Waals surface area contributed by atoms with Gasteiger partial charge in [0.05, 0.1) is 17.2 Å². The lowest BCUT2D eigenvalue weighted by atomic mass is 10.1. The molecule has 0 radical (unpaired) electrons. The van der Waals surface area contributed by atoms with E-state index in [4.69, 9.17) is 9.88 Å². The molecule has 0 aliphatic rings. The standard InChI is InChI=1S/C21H22N4O4S/c1-2-29-20(26)18-14-24-21(25-19(18)16-6-4-3-5-7-16)23-13-12-15-8-10-17(11-9-15)30(22,27)28/h3-11,14H,2,12-13H2,1H3,(H2,22,27,28)(H,23,24,25). The van der Waals surface area contributed by atoms with Gasteiger partial charge in [-0.15, -0.1) is 0 Å². The monoisotopic (exact) mass is 426 g/mol. The number of esters is 1. The second kappa shape index (κ2) is 9.47. The van der Waals surface area contributed by atoms with Crippen LogP contribution in [-0.4, -0.2) is 37.5 Å². The molecule has 0 aliphatic carbocycles. The number of nitrogens with one attached hydrogen (secondary N) is 1. The van der Waals surface area contributed by atoms with E-state index in [1.165, 1.54) is 18.3 Å². The Morgan fingerprint density at radius 1 is 1.10 bits per heavy atom. The predicted octanol–water partition coefficient (Wildman–Crippen LogP) is 2.62. The summed E-state index contributed by atoms with van der Waals surface area (Å²) in [4.78, 5) is 21.1. The quantitative estimate of drug-likeness (QED) is 0.531. The zero-order chi connectivity index (χ0) is 21.6. The van der Waals surface area contributed by atoms with Crippen molar-refractivity contribution in [2.24, 2.45) is 5.14 Å². The smallest absolute Gasteiger partial charge is 0.341 e. The molecule has 0 unspecified atom stereocenters. The first-order chi connectivity index (χ1) is 14.4. The summed E-state index contributed by atoms with van der Waals surface area (Å²) in [5.41, 5.74) is 2.50. The largest absolute Gasteiger partial charge is 0.462 e. The number of hydrogen-bond acceptors (Lipinski definition) is 7. The van der Waals surface area contributed by atoms with Crippen molar-refractivity contribution in [3.8, 4) is 11.3 Å². The predicted molar refractivity (Wildman–Crippen MR) is 113 cm³/mol. The van der Waals surface area contributed by atoms with Crippen LogP contribution in [0, 0.1) is 0 Å². The van der Waals surface area contributed by atoms with Gasteiger partial charge in [-0.3, -0.25) is 0 Å². The summed E-state index contributed by atoms with van der Waals surface area (Å²) in [7, 11) is -3.70. The molecular formula is C21H22N4O4S. The molecular weight excluding hydrogens is 404 g/mol. The van der Waals surface area contributed by atoms with E-state index in [9.17, 15) is 13.2 Å². The number of nitrogens with zero attached hydrogens (tertiary/aromatic N) is 2. The number of benzene rings is 2. The zero-order valence-corrected chi connectivity index (χ0v) is 17.2. The molecule has 0 spiro atoms. The maximum absolute atomic E-state index is 12.3. The van der Waals surface area contributed by atoms with Crippen LogP contribution in [0.1, 0.15) is 22.8 Å².